The molecule has 0 aliphatic carbocycles. The van der Waals surface area contributed by atoms with Crippen LogP contribution >= 0.6 is 34.8 Å². The van der Waals surface area contributed by atoms with E-state index in [-0.39, 0.29) is 27.7 Å². The maximum Gasteiger partial charge on any atom is 0.255 e. The smallest absolute Gasteiger partial charge is 0.255 e. The molecule has 2 amide bonds. The molecule has 0 bridgehead atoms. The van der Waals surface area contributed by atoms with Gasteiger partial charge in [0.05, 0.1) is 26.4 Å². The monoisotopic (exact) mass is 733 g/mol. The minimum Gasteiger partial charge on any atom is -0.380 e. The van der Waals surface area contributed by atoms with Crippen molar-refractivity contribution >= 4 is 66.4 Å². The Morgan fingerprint density at radius 1 is 0.620 bits per heavy atom. The van der Waals surface area contributed by atoms with Crippen LogP contribution in [0.2, 0.25) is 15.1 Å². The number of hydrogen-bond donors (Lipinski definition) is 3. The summed E-state index contributed by atoms with van der Waals surface area (Å²) in [5, 5.41) is 10.8. The molecule has 4 aromatic carbocycles. The molecule has 8 rings (SSSR count). The van der Waals surface area contributed by atoms with Crippen LogP contribution in [0.25, 0.3) is 0 Å². The van der Waals surface area contributed by atoms with E-state index in [0.717, 1.165) is 51.7 Å². The number of amides is 2. The van der Waals surface area contributed by atoms with Crippen molar-refractivity contribution in [2.45, 2.75) is 14.0 Å². The first-order valence-corrected chi connectivity index (χ1v) is 16.9. The first kappa shape index (κ1) is 39.4. The lowest BCUT2D eigenvalue weighted by molar-refractivity contribution is -0.191. The largest absolute Gasteiger partial charge is 0.380 e. The molecule has 0 unspecified atom stereocenters. The number of carbonyl (C=O) groups excluding carboxylic acids is 2. The van der Waals surface area contributed by atoms with Gasteiger partial charge in [-0.25, -0.2) is 0 Å². The third kappa shape index (κ3) is 10.3. The molecule has 12 heteroatoms. The lowest BCUT2D eigenvalue weighted by Crippen LogP contribution is -2.65. The van der Waals surface area contributed by atoms with Crippen molar-refractivity contribution in [1.29, 1.82) is 0 Å². The van der Waals surface area contributed by atoms with Gasteiger partial charge in [-0.2, -0.15) is 0 Å². The minimum atomic E-state index is -0.177. The Morgan fingerprint density at radius 2 is 1.00 bits per heavy atom. The third-order valence-corrected chi connectivity index (χ3v) is 9.44. The molecular formula is C38H41BCl3N4O4. The molecule has 4 saturated heterocycles. The van der Waals surface area contributed by atoms with Crippen LogP contribution < -0.4 is 16.0 Å². The summed E-state index contributed by atoms with van der Waals surface area (Å²) in [5.41, 5.74) is 4.98. The van der Waals surface area contributed by atoms with Crippen molar-refractivity contribution in [1.82, 2.24) is 10.2 Å². The maximum absolute atomic E-state index is 12.2. The third-order valence-electron chi connectivity index (χ3n) is 8.68. The normalized spacial score (nSPS) is 17.2. The molecule has 4 fully saturated rings. The van der Waals surface area contributed by atoms with Gasteiger partial charge in [0.2, 0.25) is 0 Å². The van der Waals surface area contributed by atoms with Crippen LogP contribution in [0.3, 0.4) is 0 Å². The van der Waals surface area contributed by atoms with Gasteiger partial charge in [-0.3, -0.25) is 14.5 Å². The fourth-order valence-corrected chi connectivity index (χ4v) is 6.13. The van der Waals surface area contributed by atoms with Gasteiger partial charge in [-0.1, -0.05) is 54.4 Å². The fourth-order valence-electron chi connectivity index (χ4n) is 5.75. The standard InChI is InChI=1S/C19H19ClN2O2.C13H9Cl2NO.C5H9NO.CH4.B/c20-16-5-3-15(4-6-16)18(23)21-17-7-1-14(2-8-17)9-22-10-19(11-22)12-24-13-19;14-10-3-1-9(2-4-10)13(17)16-12-7-5-11(15)6-8-12;1-5(2-6-1)3-7-4-5;;/h1-8H,9-13H2,(H,21,23);1-8H,(H,16,17);6H,1-4H2;1H4;. The Hall–Kier alpha value is -3.41. The van der Waals surface area contributed by atoms with Crippen LogP contribution in [-0.4, -0.2) is 77.7 Å². The molecule has 2 spiro atoms. The lowest BCUT2D eigenvalue weighted by atomic mass is 9.78. The molecule has 50 heavy (non-hydrogen) atoms. The molecule has 4 aromatic rings. The van der Waals surface area contributed by atoms with Crippen LogP contribution in [0.1, 0.15) is 33.7 Å². The van der Waals surface area contributed by atoms with Crippen LogP contribution in [-0.2, 0) is 16.0 Å². The van der Waals surface area contributed by atoms with Crippen molar-refractivity contribution in [2.24, 2.45) is 10.8 Å². The summed E-state index contributed by atoms with van der Waals surface area (Å²) >= 11 is 17.3. The highest BCUT2D eigenvalue weighted by Gasteiger charge is 2.48. The average Bonchev–Trinajstić information content (AvgIpc) is 2.99. The van der Waals surface area contributed by atoms with Gasteiger partial charge in [-0.05, 0) is 90.5 Å². The summed E-state index contributed by atoms with van der Waals surface area (Å²) in [6.07, 6.45) is 0. The quantitative estimate of drug-likeness (QED) is 0.178. The Morgan fingerprint density at radius 3 is 1.32 bits per heavy atom. The van der Waals surface area contributed by atoms with Crippen molar-refractivity contribution in [3.8, 4) is 0 Å². The number of anilines is 2. The van der Waals surface area contributed by atoms with E-state index in [1.54, 1.807) is 72.8 Å². The molecular weight excluding hydrogens is 694 g/mol. The average molecular weight is 735 g/mol. The van der Waals surface area contributed by atoms with Crippen LogP contribution in [0, 0.1) is 10.8 Å². The highest BCUT2D eigenvalue weighted by atomic mass is 35.5. The number of hydrogen-bond acceptors (Lipinski definition) is 6. The lowest BCUT2D eigenvalue weighted by Gasteiger charge is -2.55. The fraction of sp³-hybridized carbons (Fsp3) is 0.316. The Bertz CT molecular complexity index is 1670. The van der Waals surface area contributed by atoms with Gasteiger partial charge in [-0.15, -0.1) is 0 Å². The predicted octanol–water partition coefficient (Wildman–Crippen LogP) is 7.53. The molecule has 4 heterocycles. The van der Waals surface area contributed by atoms with Crippen molar-refractivity contribution in [3.63, 3.8) is 0 Å². The van der Waals surface area contributed by atoms with E-state index in [4.69, 9.17) is 44.3 Å². The zero-order valence-corrected chi connectivity index (χ0v) is 29.2. The van der Waals surface area contributed by atoms with E-state index in [1.165, 1.54) is 18.7 Å². The topological polar surface area (TPSA) is 91.9 Å². The summed E-state index contributed by atoms with van der Waals surface area (Å²) < 4.78 is 10.3. The van der Waals surface area contributed by atoms with E-state index in [0.29, 0.717) is 42.7 Å². The highest BCUT2D eigenvalue weighted by Crippen LogP contribution is 2.38. The first-order chi connectivity index (χ1) is 23.2. The second kappa shape index (κ2) is 17.7. The highest BCUT2D eigenvalue weighted by molar-refractivity contribution is 6.31. The molecule has 8 nitrogen and oxygen atoms in total. The number of benzene rings is 4. The van der Waals surface area contributed by atoms with E-state index in [9.17, 15) is 9.59 Å². The zero-order valence-electron chi connectivity index (χ0n) is 26.9. The van der Waals surface area contributed by atoms with Gasteiger partial charge < -0.3 is 25.4 Å². The molecule has 0 atom stereocenters. The van der Waals surface area contributed by atoms with Crippen LogP contribution in [0.4, 0.5) is 11.4 Å². The van der Waals surface area contributed by atoms with Crippen LogP contribution in [0.5, 0.6) is 0 Å². The number of likely N-dealkylation sites (tertiary alicyclic amines) is 1. The van der Waals surface area contributed by atoms with Gasteiger partial charge in [0.1, 0.15) is 0 Å². The first-order valence-electron chi connectivity index (χ1n) is 15.8. The van der Waals surface area contributed by atoms with Gasteiger partial charge >= 0.3 is 0 Å². The molecule has 261 valence electrons. The Balaban J connectivity index is 0.000000188. The predicted molar refractivity (Wildman–Crippen MR) is 204 cm³/mol. The van der Waals surface area contributed by atoms with E-state index < -0.39 is 0 Å². The second-order valence-corrected chi connectivity index (χ2v) is 14.2. The minimum absolute atomic E-state index is 0. The van der Waals surface area contributed by atoms with E-state index >= 15 is 0 Å². The second-order valence-electron chi connectivity index (χ2n) is 12.9. The number of rotatable bonds is 6. The molecule has 0 saturated carbocycles. The van der Waals surface area contributed by atoms with Crippen molar-refractivity contribution in [3.05, 3.63) is 129 Å². The van der Waals surface area contributed by atoms with Gasteiger partial charge in [0.15, 0.2) is 0 Å². The van der Waals surface area contributed by atoms with E-state index in [2.05, 4.69) is 33.0 Å². The summed E-state index contributed by atoms with van der Waals surface area (Å²) in [4.78, 5) is 26.4. The maximum atomic E-state index is 12.2. The summed E-state index contributed by atoms with van der Waals surface area (Å²) in [6, 6.07) is 28.5. The Labute approximate surface area is 311 Å². The number of halogens is 3. The molecule has 4 aliphatic heterocycles. The Kier molecular flexibility index (Phi) is 13.9. The zero-order chi connectivity index (χ0) is 33.6. The number of ether oxygens (including phenoxy) is 2. The summed E-state index contributed by atoms with van der Waals surface area (Å²) in [5.74, 6) is -0.307. The van der Waals surface area contributed by atoms with Crippen molar-refractivity contribution < 1.29 is 19.1 Å². The SMILES string of the molecule is C.C1NCC12COC2.O=C(Nc1ccc(CN2CC3(COC3)C2)cc1)c1ccc(Cl)cc1.O=C(Nc1ccc(Cl)cc1)c1ccc(Cl)cc1.[B]. The number of nitrogens with one attached hydrogen (secondary N) is 3. The summed E-state index contributed by atoms with van der Waals surface area (Å²) in [7, 11) is 0. The summed E-state index contributed by atoms with van der Waals surface area (Å²) in [6.45, 7) is 9.41. The number of carbonyl (C=O) groups is 2. The molecule has 0 aromatic heterocycles. The number of nitrogens with zero attached hydrogens (tertiary/aromatic N) is 1. The van der Waals surface area contributed by atoms with Crippen molar-refractivity contribution in [2.75, 3.05) is 63.2 Å². The molecule has 4 aliphatic rings. The molecule has 3 N–H and O–H groups in total. The van der Waals surface area contributed by atoms with Gasteiger partial charge in [0, 0.05) is 89.5 Å². The van der Waals surface area contributed by atoms with Crippen LogP contribution in [0.15, 0.2) is 97.1 Å². The van der Waals surface area contributed by atoms with Gasteiger partial charge in [0.25, 0.3) is 11.8 Å². The molecule has 3 radical (unpaired) electrons. The van der Waals surface area contributed by atoms with E-state index in [1.807, 2.05) is 12.1 Å².